The van der Waals surface area contributed by atoms with E-state index in [0.717, 1.165) is 12.1 Å². The number of hydrogen-bond donors (Lipinski definition) is 2. The van der Waals surface area contributed by atoms with Crippen LogP contribution in [0, 0.1) is 0 Å². The molecule has 5 nitrogen and oxygen atoms in total. The Morgan fingerprint density at radius 3 is 2.81 bits per heavy atom. The molecule has 0 saturated heterocycles. The van der Waals surface area contributed by atoms with Crippen molar-refractivity contribution in [2.45, 2.75) is 24.9 Å². The lowest BCUT2D eigenvalue weighted by Gasteiger charge is -2.09. The van der Waals surface area contributed by atoms with E-state index in [9.17, 15) is 8.42 Å². The molecule has 0 fully saturated rings. The maximum absolute atomic E-state index is 12.3. The smallest absolute Gasteiger partial charge is 0.240 e. The zero-order valence-corrected chi connectivity index (χ0v) is 13.9. The molecule has 0 radical (unpaired) electrons. The average Bonchev–Trinajstić information content (AvgIpc) is 2.97. The minimum absolute atomic E-state index is 0.178. The minimum atomic E-state index is -3.57. The van der Waals surface area contributed by atoms with E-state index in [4.69, 9.17) is 11.6 Å². The monoisotopic (exact) mass is 345 g/mol. The van der Waals surface area contributed by atoms with Crippen LogP contribution in [0.5, 0.6) is 0 Å². The van der Waals surface area contributed by atoms with Crippen molar-refractivity contribution < 1.29 is 8.42 Å². The molecule has 0 amide bonds. The SMILES string of the molecule is CCNCc1cc(S(=O)(=O)NCc2cscn2)ccc1Cl. The Balaban J connectivity index is 2.15. The Morgan fingerprint density at radius 1 is 1.33 bits per heavy atom. The molecule has 2 rings (SSSR count). The highest BCUT2D eigenvalue weighted by Crippen LogP contribution is 2.20. The Hall–Kier alpha value is -0.990. The third kappa shape index (κ3) is 4.49. The van der Waals surface area contributed by atoms with Gasteiger partial charge in [0.2, 0.25) is 10.0 Å². The summed E-state index contributed by atoms with van der Waals surface area (Å²) >= 11 is 7.50. The molecule has 0 saturated carbocycles. The van der Waals surface area contributed by atoms with Crippen LogP contribution in [0.3, 0.4) is 0 Å². The molecule has 0 aliphatic rings. The van der Waals surface area contributed by atoms with Crippen LogP contribution in [-0.4, -0.2) is 19.9 Å². The van der Waals surface area contributed by atoms with Crippen molar-refractivity contribution in [2.24, 2.45) is 0 Å². The number of nitrogens with zero attached hydrogens (tertiary/aromatic N) is 1. The Bertz CT molecular complexity index is 687. The first kappa shape index (κ1) is 16.4. The van der Waals surface area contributed by atoms with Crippen LogP contribution < -0.4 is 10.0 Å². The van der Waals surface area contributed by atoms with E-state index in [0.29, 0.717) is 17.3 Å². The van der Waals surface area contributed by atoms with E-state index < -0.39 is 10.0 Å². The molecule has 1 aromatic heterocycles. The van der Waals surface area contributed by atoms with Crippen molar-refractivity contribution in [2.75, 3.05) is 6.54 Å². The number of benzene rings is 1. The molecule has 0 spiro atoms. The van der Waals surface area contributed by atoms with Gasteiger partial charge in [-0.3, -0.25) is 0 Å². The van der Waals surface area contributed by atoms with Gasteiger partial charge in [-0.15, -0.1) is 11.3 Å². The van der Waals surface area contributed by atoms with Gasteiger partial charge in [-0.05, 0) is 30.3 Å². The van der Waals surface area contributed by atoms with Gasteiger partial charge in [-0.1, -0.05) is 18.5 Å². The van der Waals surface area contributed by atoms with Gasteiger partial charge < -0.3 is 5.32 Å². The molecular formula is C13H16ClN3O2S2. The summed E-state index contributed by atoms with van der Waals surface area (Å²) < 4.78 is 27.1. The second-order valence-corrected chi connectivity index (χ2v) is 7.23. The van der Waals surface area contributed by atoms with Crippen LogP contribution in [0.4, 0.5) is 0 Å². The number of aromatic nitrogens is 1. The van der Waals surface area contributed by atoms with Gasteiger partial charge in [0, 0.05) is 16.9 Å². The van der Waals surface area contributed by atoms with E-state index in [-0.39, 0.29) is 11.4 Å². The lowest BCUT2D eigenvalue weighted by Crippen LogP contribution is -2.23. The highest BCUT2D eigenvalue weighted by atomic mass is 35.5. The zero-order chi connectivity index (χ0) is 15.3. The van der Waals surface area contributed by atoms with Gasteiger partial charge in [-0.2, -0.15) is 0 Å². The second kappa shape index (κ2) is 7.33. The molecule has 1 heterocycles. The summed E-state index contributed by atoms with van der Waals surface area (Å²) in [6.45, 7) is 3.47. The summed E-state index contributed by atoms with van der Waals surface area (Å²) in [6, 6.07) is 4.70. The summed E-state index contributed by atoms with van der Waals surface area (Å²) in [5.74, 6) is 0. The van der Waals surface area contributed by atoms with Crippen LogP contribution in [0.15, 0.2) is 34.0 Å². The molecule has 21 heavy (non-hydrogen) atoms. The maximum atomic E-state index is 12.3. The van der Waals surface area contributed by atoms with Crippen molar-refractivity contribution >= 4 is 33.0 Å². The van der Waals surface area contributed by atoms with Crippen LogP contribution in [0.1, 0.15) is 18.2 Å². The summed E-state index contributed by atoms with van der Waals surface area (Å²) in [5.41, 5.74) is 3.13. The fourth-order valence-corrected chi connectivity index (χ4v) is 3.48. The molecule has 2 aromatic rings. The molecule has 8 heteroatoms. The molecule has 1 aromatic carbocycles. The highest BCUT2D eigenvalue weighted by molar-refractivity contribution is 7.89. The molecule has 0 aliphatic carbocycles. The molecule has 0 aliphatic heterocycles. The maximum Gasteiger partial charge on any atom is 0.240 e. The van der Waals surface area contributed by atoms with Gasteiger partial charge >= 0.3 is 0 Å². The first-order valence-corrected chi connectivity index (χ1v) is 9.19. The number of hydrogen-bond acceptors (Lipinski definition) is 5. The van der Waals surface area contributed by atoms with Gasteiger partial charge in [-0.25, -0.2) is 18.1 Å². The molecule has 2 N–H and O–H groups in total. The van der Waals surface area contributed by atoms with Crippen molar-refractivity contribution in [3.63, 3.8) is 0 Å². The highest BCUT2D eigenvalue weighted by Gasteiger charge is 2.15. The van der Waals surface area contributed by atoms with E-state index >= 15 is 0 Å². The topological polar surface area (TPSA) is 71.1 Å². The summed E-state index contributed by atoms with van der Waals surface area (Å²) in [7, 11) is -3.57. The average molecular weight is 346 g/mol. The number of nitrogens with one attached hydrogen (secondary N) is 2. The zero-order valence-electron chi connectivity index (χ0n) is 11.5. The Labute approximate surface area is 133 Å². The molecular weight excluding hydrogens is 330 g/mol. The normalized spacial score (nSPS) is 11.7. The summed E-state index contributed by atoms with van der Waals surface area (Å²) in [5, 5.41) is 5.49. The van der Waals surface area contributed by atoms with Crippen molar-refractivity contribution in [1.82, 2.24) is 15.0 Å². The van der Waals surface area contributed by atoms with Gasteiger partial charge in [0.1, 0.15) is 0 Å². The fourth-order valence-electron chi connectivity index (χ4n) is 1.69. The predicted octanol–water partition coefficient (Wildman–Crippen LogP) is 2.38. The van der Waals surface area contributed by atoms with E-state index in [1.165, 1.54) is 17.4 Å². The van der Waals surface area contributed by atoms with Crippen LogP contribution in [0.2, 0.25) is 5.02 Å². The lowest BCUT2D eigenvalue weighted by molar-refractivity contribution is 0.580. The molecule has 114 valence electrons. The largest absolute Gasteiger partial charge is 0.313 e. The number of thiazole rings is 1. The van der Waals surface area contributed by atoms with Gasteiger partial charge in [0.15, 0.2) is 0 Å². The van der Waals surface area contributed by atoms with Crippen LogP contribution in [-0.2, 0) is 23.1 Å². The Kier molecular flexibility index (Phi) is 5.72. The summed E-state index contributed by atoms with van der Waals surface area (Å²) in [4.78, 5) is 4.25. The quantitative estimate of drug-likeness (QED) is 0.808. The molecule has 0 bridgehead atoms. The van der Waals surface area contributed by atoms with Gasteiger partial charge in [0.05, 0.1) is 22.6 Å². The number of sulfonamides is 1. The Morgan fingerprint density at radius 2 is 2.14 bits per heavy atom. The van der Waals surface area contributed by atoms with Crippen LogP contribution in [0.25, 0.3) is 0 Å². The van der Waals surface area contributed by atoms with Crippen molar-refractivity contribution in [3.8, 4) is 0 Å². The molecule has 0 unspecified atom stereocenters. The third-order valence-electron chi connectivity index (χ3n) is 2.82. The second-order valence-electron chi connectivity index (χ2n) is 4.34. The first-order chi connectivity index (χ1) is 10.0. The lowest BCUT2D eigenvalue weighted by atomic mass is 10.2. The first-order valence-electron chi connectivity index (χ1n) is 6.39. The fraction of sp³-hybridized carbons (Fsp3) is 0.308. The number of halogens is 1. The van der Waals surface area contributed by atoms with Gasteiger partial charge in [0.25, 0.3) is 0 Å². The van der Waals surface area contributed by atoms with Crippen molar-refractivity contribution in [1.29, 1.82) is 0 Å². The van der Waals surface area contributed by atoms with E-state index in [1.807, 2.05) is 6.92 Å². The summed E-state index contributed by atoms with van der Waals surface area (Å²) in [6.07, 6.45) is 0. The van der Waals surface area contributed by atoms with E-state index in [2.05, 4.69) is 15.0 Å². The van der Waals surface area contributed by atoms with Crippen molar-refractivity contribution in [3.05, 3.63) is 45.4 Å². The van der Waals surface area contributed by atoms with E-state index in [1.54, 1.807) is 23.0 Å². The third-order valence-corrected chi connectivity index (χ3v) is 5.22. The standard InChI is InChI=1S/C13H16ClN3O2S2/c1-2-15-6-10-5-12(3-4-13(10)14)21(18,19)17-7-11-8-20-9-16-11/h3-5,8-9,15,17H,2,6-7H2,1H3. The number of rotatable bonds is 7. The predicted molar refractivity (Wildman–Crippen MR) is 85.0 cm³/mol. The molecule has 0 atom stereocenters. The minimum Gasteiger partial charge on any atom is -0.313 e. The van der Waals surface area contributed by atoms with Crippen LogP contribution >= 0.6 is 22.9 Å².